The molecule has 0 bridgehead atoms. The fraction of sp³-hybridized carbons (Fsp3) is 0.750. The van der Waals surface area contributed by atoms with Crippen LogP contribution in [-0.2, 0) is 28.6 Å². The van der Waals surface area contributed by atoms with Crippen LogP contribution in [0.5, 0.6) is 0 Å². The van der Waals surface area contributed by atoms with Crippen molar-refractivity contribution in [2.24, 2.45) is 0 Å². The fourth-order valence-electron chi connectivity index (χ4n) is 1.30. The summed E-state index contributed by atoms with van der Waals surface area (Å²) in [4.78, 5) is 34.5. The maximum atomic E-state index is 12.0. The van der Waals surface area contributed by atoms with E-state index in [1.165, 1.54) is 14.0 Å². The van der Waals surface area contributed by atoms with Gasteiger partial charge in [0.2, 0.25) is 0 Å². The maximum absolute atomic E-state index is 12.0. The van der Waals surface area contributed by atoms with Gasteiger partial charge in [-0.3, -0.25) is 0 Å². The molecule has 6 nitrogen and oxygen atoms in total. The third kappa shape index (κ3) is 7.90. The van der Waals surface area contributed by atoms with Gasteiger partial charge in [-0.15, -0.1) is 0 Å². The van der Waals surface area contributed by atoms with E-state index >= 15 is 0 Å². The predicted octanol–water partition coefficient (Wildman–Crippen LogP) is 0.734. The summed E-state index contributed by atoms with van der Waals surface area (Å²) in [5.74, 6) is 2.16. The van der Waals surface area contributed by atoms with Gasteiger partial charge < -0.3 is 0 Å². The minimum atomic E-state index is -0.939. The second-order valence-corrected chi connectivity index (χ2v) is 7.76. The molecule has 116 valence electrons. The van der Waals surface area contributed by atoms with Crippen molar-refractivity contribution in [1.29, 1.82) is 0 Å². The molecule has 2 unspecified atom stereocenters. The quantitative estimate of drug-likeness (QED) is 0.312. The van der Waals surface area contributed by atoms with Crippen LogP contribution in [0.1, 0.15) is 13.3 Å². The summed E-state index contributed by atoms with van der Waals surface area (Å²) in [7, 11) is 1.25. The van der Waals surface area contributed by atoms with Gasteiger partial charge in [-0.05, 0) is 0 Å². The van der Waals surface area contributed by atoms with Crippen molar-refractivity contribution in [3.05, 3.63) is 0 Å². The molecule has 0 aromatic carbocycles. The molecule has 0 N–H and O–H groups in total. The van der Waals surface area contributed by atoms with Gasteiger partial charge in [0.05, 0.1) is 0 Å². The third-order valence-corrected chi connectivity index (χ3v) is 4.88. The summed E-state index contributed by atoms with van der Waals surface area (Å²) < 4.78 is 14.7. The zero-order valence-electron chi connectivity index (χ0n) is 12.0. The third-order valence-electron chi connectivity index (χ3n) is 2.20. The number of ether oxygens (including phenoxy) is 3. The number of hydrogen-bond acceptors (Lipinski definition) is 6. The minimum absolute atomic E-state index is 0.155. The van der Waals surface area contributed by atoms with Crippen molar-refractivity contribution < 1.29 is 28.6 Å². The first-order valence-corrected chi connectivity index (χ1v) is 11.7. The average Bonchev–Trinajstić information content (AvgIpc) is 2.41. The monoisotopic (exact) mass is 420 g/mol. The fourth-order valence-corrected chi connectivity index (χ4v) is 3.31. The second-order valence-electron chi connectivity index (χ2n) is 3.78. The molecule has 2 atom stereocenters. The van der Waals surface area contributed by atoms with Gasteiger partial charge in [-0.2, -0.15) is 0 Å². The molecule has 0 radical (unpaired) electrons. The molecule has 0 amide bonds. The number of rotatable bonds is 9. The van der Waals surface area contributed by atoms with E-state index in [4.69, 9.17) is 9.47 Å². The Balaban J connectivity index is 4.67. The van der Waals surface area contributed by atoms with Gasteiger partial charge in [-0.25, -0.2) is 0 Å². The summed E-state index contributed by atoms with van der Waals surface area (Å²) in [6, 6.07) is 0. The number of carbonyl (C=O) groups is 3. The molecular formula is C12H20O6Se2. The summed E-state index contributed by atoms with van der Waals surface area (Å²) in [6.07, 6.45) is -1.44. The Hall–Kier alpha value is -0.551. The van der Waals surface area contributed by atoms with Gasteiger partial charge in [0.1, 0.15) is 0 Å². The van der Waals surface area contributed by atoms with Crippen LogP contribution in [0.4, 0.5) is 0 Å². The topological polar surface area (TPSA) is 78.9 Å². The number of carbonyl (C=O) groups excluding carboxylic acids is 3. The molecule has 0 spiro atoms. The first-order chi connectivity index (χ1) is 9.46. The van der Waals surface area contributed by atoms with E-state index in [2.05, 4.69) is 4.74 Å². The SMILES string of the molecule is COC(=O)C(C[Se]C)OC(=O)C(CC[Se]C)OC(C)=O. The summed E-state index contributed by atoms with van der Waals surface area (Å²) in [5, 5.41) is 1.23. The number of methoxy groups -OCH3 is 1. The standard InChI is InChI=1S/C12H20O6Se2/c1-8(13)17-9(5-6-19-3)12(15)18-10(7-20-4)11(14)16-2/h9-10H,5-7H2,1-4H3. The Morgan fingerprint density at radius 2 is 1.65 bits per heavy atom. The normalized spacial score (nSPS) is 13.2. The van der Waals surface area contributed by atoms with Crippen molar-refractivity contribution in [2.45, 2.75) is 47.8 Å². The Kier molecular flexibility index (Phi) is 10.8. The van der Waals surface area contributed by atoms with Crippen LogP contribution in [-0.4, -0.2) is 67.1 Å². The molecule has 8 heteroatoms. The molecule has 0 aromatic rings. The average molecular weight is 418 g/mol. The molecule has 0 aromatic heterocycles. The summed E-state index contributed by atoms with van der Waals surface area (Å²) in [6.45, 7) is 1.24. The molecule has 0 aliphatic heterocycles. The second kappa shape index (κ2) is 11.1. The molecule has 0 fully saturated rings. The van der Waals surface area contributed by atoms with E-state index in [0.29, 0.717) is 26.7 Å². The van der Waals surface area contributed by atoms with Crippen LogP contribution < -0.4 is 0 Å². The Morgan fingerprint density at radius 1 is 1.00 bits per heavy atom. The Labute approximate surface area is 131 Å². The van der Waals surface area contributed by atoms with Gasteiger partial charge in [-0.1, -0.05) is 0 Å². The van der Waals surface area contributed by atoms with Crippen LogP contribution in [0, 0.1) is 0 Å². The van der Waals surface area contributed by atoms with Crippen molar-refractivity contribution >= 4 is 47.8 Å². The van der Waals surface area contributed by atoms with Crippen molar-refractivity contribution in [1.82, 2.24) is 0 Å². The number of esters is 3. The molecule has 0 saturated carbocycles. The van der Waals surface area contributed by atoms with Gasteiger partial charge >= 0.3 is 131 Å². The Bertz CT molecular complexity index is 334. The van der Waals surface area contributed by atoms with E-state index in [0.717, 1.165) is 5.32 Å². The van der Waals surface area contributed by atoms with E-state index in [1.54, 1.807) is 0 Å². The van der Waals surface area contributed by atoms with Gasteiger partial charge in [0.15, 0.2) is 0 Å². The summed E-state index contributed by atoms with van der Waals surface area (Å²) in [5.41, 5.74) is 0. The van der Waals surface area contributed by atoms with Crippen molar-refractivity contribution in [3.63, 3.8) is 0 Å². The molecular weight excluding hydrogens is 398 g/mol. The molecule has 0 rings (SSSR count). The van der Waals surface area contributed by atoms with Crippen LogP contribution in [0.15, 0.2) is 0 Å². The van der Waals surface area contributed by atoms with E-state index < -0.39 is 30.1 Å². The van der Waals surface area contributed by atoms with Crippen LogP contribution >= 0.6 is 0 Å². The van der Waals surface area contributed by atoms with Crippen LogP contribution in [0.2, 0.25) is 22.3 Å². The zero-order valence-corrected chi connectivity index (χ0v) is 15.5. The van der Waals surface area contributed by atoms with Crippen LogP contribution in [0.3, 0.4) is 0 Å². The predicted molar refractivity (Wildman–Crippen MR) is 74.9 cm³/mol. The number of hydrogen-bond donors (Lipinski definition) is 0. The molecule has 0 saturated heterocycles. The first-order valence-electron chi connectivity index (χ1n) is 5.89. The molecule has 0 aliphatic rings. The molecule has 20 heavy (non-hydrogen) atoms. The first kappa shape index (κ1) is 19.4. The van der Waals surface area contributed by atoms with E-state index in [9.17, 15) is 14.4 Å². The summed E-state index contributed by atoms with van der Waals surface area (Å²) >= 11 is 0.523. The molecule has 0 heterocycles. The van der Waals surface area contributed by atoms with Gasteiger partial charge in [0.25, 0.3) is 0 Å². The van der Waals surface area contributed by atoms with E-state index in [1.807, 2.05) is 11.6 Å². The van der Waals surface area contributed by atoms with Gasteiger partial charge in [0, 0.05) is 0 Å². The van der Waals surface area contributed by atoms with Crippen molar-refractivity contribution in [3.8, 4) is 0 Å². The Morgan fingerprint density at radius 3 is 2.10 bits per heavy atom. The van der Waals surface area contributed by atoms with E-state index in [-0.39, 0.29) is 15.0 Å². The van der Waals surface area contributed by atoms with Crippen LogP contribution in [0.25, 0.3) is 0 Å². The molecule has 0 aliphatic carbocycles. The zero-order chi connectivity index (χ0) is 15.5. The van der Waals surface area contributed by atoms with Crippen molar-refractivity contribution in [2.75, 3.05) is 7.11 Å².